The van der Waals surface area contributed by atoms with E-state index in [4.69, 9.17) is 27.9 Å². The van der Waals surface area contributed by atoms with Gasteiger partial charge >= 0.3 is 0 Å². The summed E-state index contributed by atoms with van der Waals surface area (Å²) in [5.74, 6) is -0.436. The second kappa shape index (κ2) is 15.6. The normalized spacial score (nSPS) is 11.1. The zero-order valence-corrected chi connectivity index (χ0v) is 27.4. The summed E-state index contributed by atoms with van der Waals surface area (Å²) >= 11 is 15.0. The Kier molecular flexibility index (Phi) is 11.1. The van der Waals surface area contributed by atoms with Crippen molar-refractivity contribution in [2.75, 3.05) is 23.5 Å². The molecule has 232 valence electrons. The maximum atomic E-state index is 13.4. The maximum Gasteiger partial charge on any atom is 0.272 e. The molecule has 1 heterocycles. The van der Waals surface area contributed by atoms with E-state index in [0.717, 1.165) is 10.5 Å². The number of para-hydroxylation sites is 1. The lowest BCUT2D eigenvalue weighted by Crippen LogP contribution is -2.30. The molecule has 12 heteroatoms. The van der Waals surface area contributed by atoms with Crippen LogP contribution in [0.5, 0.6) is 5.75 Å². The molecule has 0 aliphatic heterocycles. The number of amides is 3. The Morgan fingerprint density at radius 1 is 0.913 bits per heavy atom. The first-order valence-electron chi connectivity index (χ1n) is 13.7. The molecule has 0 aliphatic carbocycles. The van der Waals surface area contributed by atoms with Gasteiger partial charge in [-0.1, -0.05) is 65.7 Å². The molecule has 0 saturated heterocycles. The van der Waals surface area contributed by atoms with Crippen LogP contribution in [0.1, 0.15) is 15.9 Å². The first kappa shape index (κ1) is 32.8. The predicted octanol–water partition coefficient (Wildman–Crippen LogP) is 8.27. The lowest BCUT2D eigenvalue weighted by Gasteiger charge is -2.12. The monoisotopic (exact) mass is 688 g/mol. The molecule has 8 nitrogen and oxygen atoms in total. The zero-order chi connectivity index (χ0) is 32.5. The van der Waals surface area contributed by atoms with Gasteiger partial charge in [-0.3, -0.25) is 14.4 Å². The summed E-state index contributed by atoms with van der Waals surface area (Å²) in [6.45, 7) is 0. The third-order valence-electron chi connectivity index (χ3n) is 6.39. The summed E-state index contributed by atoms with van der Waals surface area (Å²) in [7, 11) is 1.60. The molecule has 1 aromatic heterocycles. The lowest BCUT2D eigenvalue weighted by molar-refractivity contribution is -0.114. The number of aromatic nitrogens is 1. The minimum atomic E-state index is -0.565. The number of thioether (sulfide) groups is 1. The van der Waals surface area contributed by atoms with Crippen molar-refractivity contribution in [3.8, 4) is 17.0 Å². The van der Waals surface area contributed by atoms with Gasteiger partial charge in [-0.15, -0.1) is 23.1 Å². The Morgan fingerprint density at radius 3 is 2.48 bits per heavy atom. The Morgan fingerprint density at radius 2 is 1.70 bits per heavy atom. The maximum absolute atomic E-state index is 13.4. The van der Waals surface area contributed by atoms with E-state index in [1.54, 1.807) is 73.8 Å². The zero-order valence-electron chi connectivity index (χ0n) is 24.3. The Labute approximate surface area is 283 Å². The Hall–Kier alpha value is -4.61. The molecule has 0 radical (unpaired) electrons. The summed E-state index contributed by atoms with van der Waals surface area (Å²) in [4.78, 5) is 44.4. The molecular formula is C34H26Cl2N4O4S2. The molecule has 0 fully saturated rings. The van der Waals surface area contributed by atoms with E-state index >= 15 is 0 Å². The summed E-state index contributed by atoms with van der Waals surface area (Å²) in [5, 5.41) is 11.4. The number of hydrogen-bond donors (Lipinski definition) is 3. The number of methoxy groups -OCH3 is 1. The van der Waals surface area contributed by atoms with E-state index in [-0.39, 0.29) is 17.4 Å². The first-order chi connectivity index (χ1) is 22.3. The van der Waals surface area contributed by atoms with Crippen LogP contribution in [0.25, 0.3) is 17.3 Å². The van der Waals surface area contributed by atoms with Gasteiger partial charge in [-0.05, 0) is 66.2 Å². The number of hydrogen-bond acceptors (Lipinski definition) is 7. The van der Waals surface area contributed by atoms with Crippen molar-refractivity contribution in [3.63, 3.8) is 0 Å². The fourth-order valence-electron chi connectivity index (χ4n) is 4.19. The number of thiazole rings is 1. The van der Waals surface area contributed by atoms with Crippen molar-refractivity contribution in [1.82, 2.24) is 10.3 Å². The number of nitrogens with one attached hydrogen (secondary N) is 3. The van der Waals surface area contributed by atoms with Crippen LogP contribution in [0.4, 0.5) is 10.8 Å². The van der Waals surface area contributed by atoms with E-state index in [1.165, 1.54) is 29.2 Å². The van der Waals surface area contributed by atoms with Crippen LogP contribution in [0.2, 0.25) is 10.0 Å². The van der Waals surface area contributed by atoms with Gasteiger partial charge in [0, 0.05) is 37.1 Å². The van der Waals surface area contributed by atoms with Crippen molar-refractivity contribution in [1.29, 1.82) is 0 Å². The molecule has 5 aromatic rings. The largest absolute Gasteiger partial charge is 0.496 e. The van der Waals surface area contributed by atoms with Crippen LogP contribution in [0.3, 0.4) is 0 Å². The number of anilines is 2. The van der Waals surface area contributed by atoms with Crippen molar-refractivity contribution in [2.45, 2.75) is 4.90 Å². The third-order valence-corrected chi connectivity index (χ3v) is 8.70. The van der Waals surface area contributed by atoms with Crippen LogP contribution >= 0.6 is 46.3 Å². The molecule has 0 bridgehead atoms. The minimum absolute atomic E-state index is 0.0218. The quantitative estimate of drug-likeness (QED) is 0.0952. The van der Waals surface area contributed by atoms with E-state index < -0.39 is 11.8 Å². The number of carbonyl (C=O) groups is 3. The molecule has 0 saturated carbocycles. The van der Waals surface area contributed by atoms with Gasteiger partial charge < -0.3 is 20.7 Å². The molecular weight excluding hydrogens is 663 g/mol. The summed E-state index contributed by atoms with van der Waals surface area (Å²) in [5.41, 5.74) is 2.87. The van der Waals surface area contributed by atoms with E-state index in [2.05, 4.69) is 20.9 Å². The molecule has 0 unspecified atom stereocenters. The van der Waals surface area contributed by atoms with Gasteiger partial charge in [0.05, 0.1) is 18.6 Å². The fraction of sp³-hybridized carbons (Fsp3) is 0.0588. The van der Waals surface area contributed by atoms with Crippen molar-refractivity contribution in [3.05, 3.63) is 129 Å². The number of carbonyl (C=O) groups excluding carboxylic acids is 3. The van der Waals surface area contributed by atoms with Gasteiger partial charge in [0.2, 0.25) is 5.91 Å². The lowest BCUT2D eigenvalue weighted by atomic mass is 10.1. The van der Waals surface area contributed by atoms with E-state index in [0.29, 0.717) is 43.4 Å². The Bertz CT molecular complexity index is 1910. The second-order valence-corrected chi connectivity index (χ2v) is 12.4. The summed E-state index contributed by atoms with van der Waals surface area (Å²) in [6, 6.07) is 28.0. The van der Waals surface area contributed by atoms with Crippen LogP contribution in [-0.2, 0) is 9.59 Å². The number of ether oxygens (including phenoxy) is 1. The smallest absolute Gasteiger partial charge is 0.272 e. The highest BCUT2D eigenvalue weighted by molar-refractivity contribution is 8.00. The predicted molar refractivity (Wildman–Crippen MR) is 187 cm³/mol. The average Bonchev–Trinajstić information content (AvgIpc) is 3.53. The van der Waals surface area contributed by atoms with Gasteiger partial charge in [0.25, 0.3) is 11.8 Å². The highest BCUT2D eigenvalue weighted by atomic mass is 35.5. The topological polar surface area (TPSA) is 109 Å². The number of rotatable bonds is 11. The van der Waals surface area contributed by atoms with E-state index in [9.17, 15) is 14.4 Å². The van der Waals surface area contributed by atoms with Gasteiger partial charge in [0.1, 0.15) is 11.4 Å². The van der Waals surface area contributed by atoms with Crippen LogP contribution in [-0.4, -0.2) is 35.6 Å². The molecule has 0 aliphatic rings. The summed E-state index contributed by atoms with van der Waals surface area (Å²) in [6.07, 6.45) is 1.48. The highest BCUT2D eigenvalue weighted by Crippen LogP contribution is 2.32. The van der Waals surface area contributed by atoms with Gasteiger partial charge in [-0.2, -0.15) is 0 Å². The standard InChI is InChI=1S/C34H26Cl2N4O4S2/c1-44-30-13-6-5-12-26(30)29-19-46-34(39-29)40-31(41)20-45-25-11-7-10-24(18-25)37-33(43)28(16-22-14-15-23(35)17-27(22)36)38-32(42)21-8-3-2-4-9-21/h2-19H,20H2,1H3,(H,37,43)(H,38,42)(H,39,40,41)/b28-16+. The molecule has 0 spiro atoms. The molecule has 0 atom stereocenters. The van der Waals surface area contributed by atoms with Crippen LogP contribution in [0, 0.1) is 0 Å². The van der Waals surface area contributed by atoms with Crippen LogP contribution in [0.15, 0.2) is 113 Å². The third kappa shape index (κ3) is 8.76. The molecule has 3 N–H and O–H groups in total. The number of nitrogens with zero attached hydrogens (tertiary/aromatic N) is 1. The van der Waals surface area contributed by atoms with Crippen LogP contribution < -0.4 is 20.7 Å². The highest BCUT2D eigenvalue weighted by Gasteiger charge is 2.17. The number of halogens is 2. The van der Waals surface area contributed by atoms with Crippen molar-refractivity contribution >= 4 is 80.9 Å². The average molecular weight is 690 g/mol. The molecule has 3 amide bonds. The Balaban J connectivity index is 1.24. The fourth-order valence-corrected chi connectivity index (χ4v) is 6.14. The van der Waals surface area contributed by atoms with Gasteiger partial charge in [0.15, 0.2) is 5.13 Å². The number of benzene rings is 4. The second-order valence-electron chi connectivity index (χ2n) is 9.60. The molecule has 46 heavy (non-hydrogen) atoms. The van der Waals surface area contributed by atoms with Crippen molar-refractivity contribution in [2.24, 2.45) is 0 Å². The SMILES string of the molecule is COc1ccccc1-c1csc(NC(=O)CSc2cccc(NC(=O)/C(=C\c3ccc(Cl)cc3Cl)NC(=O)c3ccccc3)c2)n1. The van der Waals surface area contributed by atoms with E-state index in [1.807, 2.05) is 35.7 Å². The van der Waals surface area contributed by atoms with Gasteiger partial charge in [-0.25, -0.2) is 4.98 Å². The van der Waals surface area contributed by atoms with Crippen molar-refractivity contribution < 1.29 is 19.1 Å². The summed E-state index contributed by atoms with van der Waals surface area (Å²) < 4.78 is 5.41. The minimum Gasteiger partial charge on any atom is -0.496 e. The molecule has 5 rings (SSSR count). The first-order valence-corrected chi connectivity index (χ1v) is 16.4. The molecule has 4 aromatic carbocycles.